The number of hydrogen-bond acceptors (Lipinski definition) is 1. The summed E-state index contributed by atoms with van der Waals surface area (Å²) in [5.41, 5.74) is 3.91. The second kappa shape index (κ2) is 7.77. The van der Waals surface area contributed by atoms with Crippen molar-refractivity contribution in [3.8, 4) is 0 Å². The average Bonchev–Trinajstić information content (AvgIpc) is 3.12. The molecule has 3 aromatic rings. The van der Waals surface area contributed by atoms with Crippen LogP contribution in [0, 0.1) is 0 Å². The zero-order valence-electron chi connectivity index (χ0n) is 15.2. The predicted molar refractivity (Wildman–Crippen MR) is 106 cm³/mol. The number of aromatic nitrogens is 1. The molecular weight excluding hydrogens is 320 g/mol. The molecule has 2 aromatic carbocycles. The van der Waals surface area contributed by atoms with Crippen molar-refractivity contribution in [3.05, 3.63) is 71.9 Å². The number of para-hydroxylation sites is 1. The Bertz CT molecular complexity index is 860. The maximum absolute atomic E-state index is 12.6. The van der Waals surface area contributed by atoms with Crippen LogP contribution in [0.1, 0.15) is 42.7 Å². The molecule has 134 valence electrons. The molecule has 1 fully saturated rings. The predicted octanol–water partition coefficient (Wildman–Crippen LogP) is 4.90. The third kappa shape index (κ3) is 3.67. The Morgan fingerprint density at radius 1 is 1.00 bits per heavy atom. The molecule has 2 heterocycles. The number of nitrogens with zero attached hydrogens (tertiary/aromatic N) is 1. The number of piperidine rings is 1. The number of aromatic amines is 1. The highest BCUT2D eigenvalue weighted by Gasteiger charge is 2.23. The van der Waals surface area contributed by atoms with Gasteiger partial charge in [0.25, 0.3) is 0 Å². The first-order valence-electron chi connectivity index (χ1n) is 9.69. The molecule has 4 rings (SSSR count). The van der Waals surface area contributed by atoms with E-state index in [1.54, 1.807) is 0 Å². The lowest BCUT2D eigenvalue weighted by atomic mass is 9.89. The molecule has 3 nitrogen and oxygen atoms in total. The Balaban J connectivity index is 1.26. The fourth-order valence-electron chi connectivity index (χ4n) is 4.11. The van der Waals surface area contributed by atoms with E-state index in [2.05, 4.69) is 64.6 Å². The first kappa shape index (κ1) is 16.9. The number of H-pyrrole nitrogens is 1. The van der Waals surface area contributed by atoms with Gasteiger partial charge in [-0.3, -0.25) is 4.79 Å². The number of aryl methyl sites for hydroxylation is 1. The van der Waals surface area contributed by atoms with Gasteiger partial charge in [0, 0.05) is 36.6 Å². The zero-order chi connectivity index (χ0) is 17.8. The van der Waals surface area contributed by atoms with Crippen LogP contribution in [0.2, 0.25) is 0 Å². The number of nitrogens with one attached hydrogen (secondary N) is 1. The third-order valence-electron chi connectivity index (χ3n) is 5.63. The summed E-state index contributed by atoms with van der Waals surface area (Å²) in [6, 6.07) is 19.1. The Morgan fingerprint density at radius 2 is 1.73 bits per heavy atom. The molecule has 1 amide bonds. The first-order chi connectivity index (χ1) is 12.8. The van der Waals surface area contributed by atoms with Gasteiger partial charge in [-0.2, -0.15) is 0 Å². The Morgan fingerprint density at radius 3 is 2.54 bits per heavy atom. The summed E-state index contributed by atoms with van der Waals surface area (Å²) < 4.78 is 0. The highest BCUT2D eigenvalue weighted by molar-refractivity contribution is 5.83. The van der Waals surface area contributed by atoms with Gasteiger partial charge in [-0.25, -0.2) is 0 Å². The molecule has 1 aromatic heterocycles. The van der Waals surface area contributed by atoms with Crippen molar-refractivity contribution in [1.82, 2.24) is 9.88 Å². The average molecular weight is 346 g/mol. The van der Waals surface area contributed by atoms with Crippen LogP contribution in [0.15, 0.2) is 60.8 Å². The standard InChI is InChI=1S/C23H26N2O/c26-23(12-6-9-20-17-24-22-11-5-4-10-21(20)22)25-15-13-19(14-16-25)18-7-2-1-3-8-18/h1-5,7-8,10-11,17,19,24H,6,9,12-16H2. The van der Waals surface area contributed by atoms with E-state index in [1.165, 1.54) is 22.0 Å². The summed E-state index contributed by atoms with van der Waals surface area (Å²) in [6.07, 6.45) is 6.77. The Labute approximate surface area is 155 Å². The second-order valence-electron chi connectivity index (χ2n) is 7.28. The van der Waals surface area contributed by atoms with Crippen LogP contribution in [-0.2, 0) is 11.2 Å². The van der Waals surface area contributed by atoms with Crippen LogP contribution in [0.5, 0.6) is 0 Å². The van der Waals surface area contributed by atoms with Gasteiger partial charge < -0.3 is 9.88 Å². The minimum atomic E-state index is 0.316. The Hall–Kier alpha value is -2.55. The number of fused-ring (bicyclic) bond motifs is 1. The molecule has 1 saturated heterocycles. The van der Waals surface area contributed by atoms with Crippen LogP contribution in [0.25, 0.3) is 10.9 Å². The largest absolute Gasteiger partial charge is 0.361 e. The van der Waals surface area contributed by atoms with Gasteiger partial charge in [-0.15, -0.1) is 0 Å². The fourth-order valence-corrected chi connectivity index (χ4v) is 4.11. The van der Waals surface area contributed by atoms with Crippen LogP contribution in [0.4, 0.5) is 0 Å². The van der Waals surface area contributed by atoms with Crippen LogP contribution >= 0.6 is 0 Å². The van der Waals surface area contributed by atoms with E-state index in [0.29, 0.717) is 18.2 Å². The van der Waals surface area contributed by atoms with Gasteiger partial charge in [-0.1, -0.05) is 48.5 Å². The van der Waals surface area contributed by atoms with E-state index in [1.807, 2.05) is 6.07 Å². The van der Waals surface area contributed by atoms with E-state index in [9.17, 15) is 4.79 Å². The van der Waals surface area contributed by atoms with E-state index < -0.39 is 0 Å². The molecule has 0 radical (unpaired) electrons. The van der Waals surface area contributed by atoms with E-state index >= 15 is 0 Å². The number of carbonyl (C=O) groups excluding carboxylic acids is 1. The number of amides is 1. The van der Waals surface area contributed by atoms with Crippen molar-refractivity contribution in [3.63, 3.8) is 0 Å². The number of hydrogen-bond donors (Lipinski definition) is 1. The molecule has 0 aliphatic carbocycles. The topological polar surface area (TPSA) is 36.1 Å². The lowest BCUT2D eigenvalue weighted by Crippen LogP contribution is -2.37. The lowest BCUT2D eigenvalue weighted by molar-refractivity contribution is -0.132. The maximum atomic E-state index is 12.6. The molecule has 3 heteroatoms. The molecule has 0 spiro atoms. The Kier molecular flexibility index (Phi) is 5.05. The summed E-state index contributed by atoms with van der Waals surface area (Å²) >= 11 is 0. The molecular formula is C23H26N2O. The van der Waals surface area contributed by atoms with Crippen molar-refractivity contribution >= 4 is 16.8 Å². The second-order valence-corrected chi connectivity index (χ2v) is 7.28. The van der Waals surface area contributed by atoms with Crippen LogP contribution in [-0.4, -0.2) is 28.9 Å². The van der Waals surface area contributed by atoms with Crippen LogP contribution in [0.3, 0.4) is 0 Å². The van der Waals surface area contributed by atoms with Gasteiger partial charge in [0.1, 0.15) is 0 Å². The quantitative estimate of drug-likeness (QED) is 0.701. The summed E-state index contributed by atoms with van der Waals surface area (Å²) in [6.45, 7) is 1.79. The SMILES string of the molecule is O=C(CCCc1c[nH]c2ccccc12)N1CCC(c2ccccc2)CC1. The van der Waals surface area contributed by atoms with E-state index in [4.69, 9.17) is 0 Å². The highest BCUT2D eigenvalue weighted by Crippen LogP contribution is 2.28. The highest BCUT2D eigenvalue weighted by atomic mass is 16.2. The number of carbonyl (C=O) groups is 1. The van der Waals surface area contributed by atoms with Crippen molar-refractivity contribution in [1.29, 1.82) is 0 Å². The fraction of sp³-hybridized carbons (Fsp3) is 0.348. The van der Waals surface area contributed by atoms with E-state index in [0.717, 1.165) is 38.8 Å². The molecule has 1 aliphatic heterocycles. The molecule has 26 heavy (non-hydrogen) atoms. The van der Waals surface area contributed by atoms with Crippen molar-refractivity contribution < 1.29 is 4.79 Å². The number of rotatable bonds is 5. The number of likely N-dealkylation sites (tertiary alicyclic amines) is 1. The van der Waals surface area contributed by atoms with Gasteiger partial charge in [-0.05, 0) is 48.8 Å². The monoisotopic (exact) mass is 346 g/mol. The van der Waals surface area contributed by atoms with Gasteiger partial charge in [0.15, 0.2) is 0 Å². The maximum Gasteiger partial charge on any atom is 0.222 e. The molecule has 1 aliphatic rings. The van der Waals surface area contributed by atoms with Crippen LogP contribution < -0.4 is 0 Å². The van der Waals surface area contributed by atoms with Gasteiger partial charge in [0.2, 0.25) is 5.91 Å². The summed E-state index contributed by atoms with van der Waals surface area (Å²) in [5, 5.41) is 1.28. The first-order valence-corrected chi connectivity index (χ1v) is 9.69. The minimum absolute atomic E-state index is 0.316. The summed E-state index contributed by atoms with van der Waals surface area (Å²) in [7, 11) is 0. The molecule has 0 bridgehead atoms. The van der Waals surface area contributed by atoms with Gasteiger partial charge in [0.05, 0.1) is 0 Å². The van der Waals surface area contributed by atoms with Crippen molar-refractivity contribution in [2.24, 2.45) is 0 Å². The third-order valence-corrected chi connectivity index (χ3v) is 5.63. The smallest absolute Gasteiger partial charge is 0.222 e. The minimum Gasteiger partial charge on any atom is -0.361 e. The van der Waals surface area contributed by atoms with Crippen molar-refractivity contribution in [2.75, 3.05) is 13.1 Å². The van der Waals surface area contributed by atoms with E-state index in [-0.39, 0.29) is 0 Å². The normalized spacial score (nSPS) is 15.5. The zero-order valence-corrected chi connectivity index (χ0v) is 15.2. The number of benzene rings is 2. The molecule has 0 atom stereocenters. The van der Waals surface area contributed by atoms with Crippen molar-refractivity contribution in [2.45, 2.75) is 38.0 Å². The summed E-state index contributed by atoms with van der Waals surface area (Å²) in [5.74, 6) is 0.919. The van der Waals surface area contributed by atoms with Gasteiger partial charge >= 0.3 is 0 Å². The lowest BCUT2D eigenvalue weighted by Gasteiger charge is -2.32. The molecule has 1 N–H and O–H groups in total. The molecule has 0 unspecified atom stereocenters. The summed E-state index contributed by atoms with van der Waals surface area (Å²) in [4.78, 5) is 17.9. The molecule has 0 saturated carbocycles.